The zero-order chi connectivity index (χ0) is 14.2. The minimum atomic E-state index is -0.231. The summed E-state index contributed by atoms with van der Waals surface area (Å²) in [5.41, 5.74) is 4.13. The van der Waals surface area contributed by atoms with Gasteiger partial charge in [-0.1, -0.05) is 36.4 Å². The predicted octanol–water partition coefficient (Wildman–Crippen LogP) is 1.94. The molecule has 0 unspecified atom stereocenters. The van der Waals surface area contributed by atoms with Crippen molar-refractivity contribution < 1.29 is 9.36 Å². The van der Waals surface area contributed by atoms with Crippen LogP contribution in [0.5, 0.6) is 0 Å². The van der Waals surface area contributed by atoms with Crippen LogP contribution in [-0.4, -0.2) is 12.1 Å². The van der Waals surface area contributed by atoms with E-state index in [2.05, 4.69) is 10.5 Å². The number of amides is 1. The monoisotopic (exact) mass is 266 g/mol. The summed E-state index contributed by atoms with van der Waals surface area (Å²) in [6.07, 6.45) is 8.85. The van der Waals surface area contributed by atoms with Crippen molar-refractivity contribution in [2.45, 2.75) is 0 Å². The van der Waals surface area contributed by atoms with E-state index in [1.54, 1.807) is 24.6 Å². The number of carbonyl (C=O) groups is 1. The Hall–Kier alpha value is -2.75. The lowest BCUT2D eigenvalue weighted by Gasteiger charge is -1.96. The first-order valence-electron chi connectivity index (χ1n) is 6.26. The number of pyridine rings is 1. The van der Waals surface area contributed by atoms with Gasteiger partial charge in [-0.15, -0.1) is 0 Å². The maximum absolute atomic E-state index is 11.8. The average molecular weight is 266 g/mol. The number of hydrazone groups is 1. The molecule has 0 saturated carbocycles. The molecule has 1 heterocycles. The molecule has 2 aromatic rings. The van der Waals surface area contributed by atoms with E-state index in [4.69, 9.17) is 0 Å². The molecule has 0 atom stereocenters. The molecular formula is C16H16N3O+. The highest BCUT2D eigenvalue weighted by molar-refractivity contribution is 5.94. The highest BCUT2D eigenvalue weighted by Crippen LogP contribution is 1.99. The summed E-state index contributed by atoms with van der Waals surface area (Å²) < 4.78 is 1.81. The number of hydrogen-bond donors (Lipinski definition) is 1. The van der Waals surface area contributed by atoms with Crippen LogP contribution in [0.15, 0.2) is 66.0 Å². The molecule has 0 aliphatic heterocycles. The number of aryl methyl sites for hydroxylation is 1. The van der Waals surface area contributed by atoms with Crippen LogP contribution in [0.3, 0.4) is 0 Å². The molecule has 100 valence electrons. The normalized spacial score (nSPS) is 11.1. The van der Waals surface area contributed by atoms with E-state index in [9.17, 15) is 4.79 Å². The van der Waals surface area contributed by atoms with Crippen molar-refractivity contribution in [2.75, 3.05) is 0 Å². The summed E-state index contributed by atoms with van der Waals surface area (Å²) in [6.45, 7) is 0. The number of hydrogen-bond acceptors (Lipinski definition) is 2. The SMILES string of the molecule is C[n+]1cccc(C(=O)N/N=C/C=C/c2ccccc2)c1. The van der Waals surface area contributed by atoms with Gasteiger partial charge in [-0.05, 0) is 17.7 Å². The Balaban J connectivity index is 1.87. The lowest BCUT2D eigenvalue weighted by Crippen LogP contribution is -2.29. The summed E-state index contributed by atoms with van der Waals surface area (Å²) in [5.74, 6) is -0.231. The molecule has 1 aromatic heterocycles. The first-order chi connectivity index (χ1) is 9.75. The van der Waals surface area contributed by atoms with Crippen LogP contribution in [0.4, 0.5) is 0 Å². The summed E-state index contributed by atoms with van der Waals surface area (Å²) in [4.78, 5) is 11.8. The maximum Gasteiger partial charge on any atom is 0.277 e. The number of rotatable bonds is 4. The molecule has 2 rings (SSSR count). The molecule has 1 N–H and O–H groups in total. The van der Waals surface area contributed by atoms with Crippen LogP contribution in [0.1, 0.15) is 15.9 Å². The van der Waals surface area contributed by atoms with E-state index >= 15 is 0 Å². The molecule has 4 nitrogen and oxygen atoms in total. The van der Waals surface area contributed by atoms with E-state index in [-0.39, 0.29) is 5.91 Å². The lowest BCUT2D eigenvalue weighted by molar-refractivity contribution is -0.671. The van der Waals surface area contributed by atoms with Crippen molar-refractivity contribution in [1.82, 2.24) is 5.43 Å². The van der Waals surface area contributed by atoms with Crippen molar-refractivity contribution in [3.8, 4) is 0 Å². The Morgan fingerprint density at radius 1 is 1.20 bits per heavy atom. The number of nitrogens with one attached hydrogen (secondary N) is 1. The molecule has 4 heteroatoms. The molecule has 0 aliphatic rings. The van der Waals surface area contributed by atoms with Crippen molar-refractivity contribution in [3.63, 3.8) is 0 Å². The molecule has 0 spiro atoms. The average Bonchev–Trinajstić information content (AvgIpc) is 2.48. The van der Waals surface area contributed by atoms with Gasteiger partial charge in [0.15, 0.2) is 12.4 Å². The van der Waals surface area contributed by atoms with Gasteiger partial charge in [-0.2, -0.15) is 5.10 Å². The fraction of sp³-hybridized carbons (Fsp3) is 0.0625. The molecular weight excluding hydrogens is 250 g/mol. The Labute approximate surface area is 118 Å². The Kier molecular flexibility index (Phi) is 4.78. The molecule has 0 aliphatic carbocycles. The first-order valence-corrected chi connectivity index (χ1v) is 6.26. The van der Waals surface area contributed by atoms with Gasteiger partial charge in [-0.3, -0.25) is 4.79 Å². The third-order valence-electron chi connectivity index (χ3n) is 2.62. The number of nitrogens with zero attached hydrogens (tertiary/aromatic N) is 2. The zero-order valence-electron chi connectivity index (χ0n) is 11.2. The van der Waals surface area contributed by atoms with Gasteiger partial charge in [0, 0.05) is 12.3 Å². The highest BCUT2D eigenvalue weighted by Gasteiger charge is 2.06. The summed E-state index contributed by atoms with van der Waals surface area (Å²) >= 11 is 0. The molecule has 20 heavy (non-hydrogen) atoms. The van der Waals surface area contributed by atoms with Gasteiger partial charge in [-0.25, -0.2) is 9.99 Å². The van der Waals surface area contributed by atoms with E-state index in [1.165, 1.54) is 0 Å². The topological polar surface area (TPSA) is 45.3 Å². The molecule has 0 fully saturated rings. The van der Waals surface area contributed by atoms with Crippen molar-refractivity contribution in [1.29, 1.82) is 0 Å². The lowest BCUT2D eigenvalue weighted by atomic mass is 10.2. The van der Waals surface area contributed by atoms with Crippen LogP contribution >= 0.6 is 0 Å². The van der Waals surface area contributed by atoms with Crippen LogP contribution in [0, 0.1) is 0 Å². The third-order valence-corrected chi connectivity index (χ3v) is 2.62. The minimum absolute atomic E-state index is 0.231. The summed E-state index contributed by atoms with van der Waals surface area (Å²) in [6, 6.07) is 13.4. The van der Waals surface area contributed by atoms with Gasteiger partial charge >= 0.3 is 0 Å². The van der Waals surface area contributed by atoms with Gasteiger partial charge in [0.05, 0.1) is 0 Å². The summed E-state index contributed by atoms with van der Waals surface area (Å²) in [7, 11) is 1.86. The summed E-state index contributed by atoms with van der Waals surface area (Å²) in [5, 5.41) is 3.87. The highest BCUT2D eigenvalue weighted by atomic mass is 16.2. The quantitative estimate of drug-likeness (QED) is 0.513. The number of aromatic nitrogens is 1. The molecule has 1 aromatic carbocycles. The fourth-order valence-electron chi connectivity index (χ4n) is 1.64. The molecule has 1 amide bonds. The minimum Gasteiger partial charge on any atom is -0.267 e. The first kappa shape index (κ1) is 13.7. The van der Waals surface area contributed by atoms with Gasteiger partial charge in [0.1, 0.15) is 12.6 Å². The molecule has 0 saturated heterocycles. The second-order valence-corrected chi connectivity index (χ2v) is 4.25. The molecule has 0 radical (unpaired) electrons. The van der Waals surface area contributed by atoms with E-state index in [0.29, 0.717) is 5.56 Å². The largest absolute Gasteiger partial charge is 0.277 e. The second kappa shape index (κ2) is 6.99. The maximum atomic E-state index is 11.8. The fourth-order valence-corrected chi connectivity index (χ4v) is 1.64. The third kappa shape index (κ3) is 4.17. The van der Waals surface area contributed by atoms with Crippen molar-refractivity contribution in [2.24, 2.45) is 12.1 Å². The van der Waals surface area contributed by atoms with Crippen molar-refractivity contribution in [3.05, 3.63) is 72.1 Å². The van der Waals surface area contributed by atoms with Gasteiger partial charge < -0.3 is 0 Å². The predicted molar refractivity (Wildman–Crippen MR) is 79.1 cm³/mol. The van der Waals surface area contributed by atoms with E-state index in [1.807, 2.05) is 60.3 Å². The van der Waals surface area contributed by atoms with E-state index < -0.39 is 0 Å². The number of carbonyl (C=O) groups excluding carboxylic acids is 1. The van der Waals surface area contributed by atoms with Crippen LogP contribution < -0.4 is 9.99 Å². The molecule has 0 bridgehead atoms. The number of benzene rings is 1. The zero-order valence-corrected chi connectivity index (χ0v) is 11.2. The number of allylic oxidation sites excluding steroid dienone is 1. The second-order valence-electron chi connectivity index (χ2n) is 4.25. The Bertz CT molecular complexity index is 633. The van der Waals surface area contributed by atoms with E-state index in [0.717, 1.165) is 5.56 Å². The smallest absolute Gasteiger partial charge is 0.267 e. The Morgan fingerprint density at radius 2 is 2.00 bits per heavy atom. The van der Waals surface area contributed by atoms with Crippen LogP contribution in [-0.2, 0) is 7.05 Å². The van der Waals surface area contributed by atoms with Crippen LogP contribution in [0.25, 0.3) is 6.08 Å². The van der Waals surface area contributed by atoms with Crippen LogP contribution in [0.2, 0.25) is 0 Å². The van der Waals surface area contributed by atoms with Gasteiger partial charge in [0.25, 0.3) is 5.91 Å². The Morgan fingerprint density at radius 3 is 2.75 bits per heavy atom. The van der Waals surface area contributed by atoms with Gasteiger partial charge in [0.2, 0.25) is 0 Å². The van der Waals surface area contributed by atoms with Crippen molar-refractivity contribution >= 4 is 18.2 Å². The standard InChI is InChI=1S/C16H15N3O/c1-19-12-6-10-15(13-19)16(20)18-17-11-5-9-14-7-3-2-4-8-14/h2-13H,1H3/p+1/b9-5+,17-11+.